The van der Waals surface area contributed by atoms with Crippen molar-refractivity contribution in [3.05, 3.63) is 84.7 Å². The molecule has 4 rings (SSSR count). The Morgan fingerprint density at radius 3 is 2.09 bits per heavy atom. The monoisotopic (exact) mass is 347 g/mol. The molecule has 2 heterocycles. The Morgan fingerprint density at radius 1 is 0.957 bits per heavy atom. The van der Waals surface area contributed by atoms with Gasteiger partial charge in [0.1, 0.15) is 0 Å². The zero-order chi connectivity index (χ0) is 15.0. The Hall–Kier alpha value is -1.65. The van der Waals surface area contributed by atoms with E-state index in [2.05, 4.69) is 4.98 Å². The minimum absolute atomic E-state index is 0. The maximum absolute atomic E-state index is 5.73. The molecule has 2 aromatic carbocycles. The molecule has 0 unspecified atom stereocenters. The van der Waals surface area contributed by atoms with E-state index < -0.39 is 0 Å². The summed E-state index contributed by atoms with van der Waals surface area (Å²) in [6.45, 7) is 1.32. The Bertz CT molecular complexity index is 603. The molecule has 124 valence electrons. The third kappa shape index (κ3) is 5.19. The van der Waals surface area contributed by atoms with Gasteiger partial charge in [0.2, 0.25) is 0 Å². The summed E-state index contributed by atoms with van der Waals surface area (Å²) in [5.74, 6) is 0.238. The maximum atomic E-state index is 5.73. The summed E-state index contributed by atoms with van der Waals surface area (Å²) in [7, 11) is -0.218. The van der Waals surface area contributed by atoms with Crippen molar-refractivity contribution in [3.63, 3.8) is 0 Å². The topological polar surface area (TPSA) is 31.4 Å². The molecule has 1 aliphatic rings. The second kappa shape index (κ2) is 9.48. The third-order valence-electron chi connectivity index (χ3n) is 3.52. The number of hydrogen-bond donors (Lipinski definition) is 0. The van der Waals surface area contributed by atoms with Gasteiger partial charge in [0, 0.05) is 48.1 Å². The summed E-state index contributed by atoms with van der Waals surface area (Å²) < 4.78 is 11.5. The minimum Gasteiger partial charge on any atom is -0.748 e. The molecular formula is C18H18BFeNO2-6. The molecule has 0 saturated carbocycles. The predicted molar refractivity (Wildman–Crippen MR) is 88.3 cm³/mol. The van der Waals surface area contributed by atoms with Crippen LogP contribution in [-0.2, 0) is 26.4 Å². The first-order valence-electron chi connectivity index (χ1n) is 7.46. The molecule has 0 bridgehead atoms. The van der Waals surface area contributed by atoms with Crippen molar-refractivity contribution >= 4 is 12.6 Å². The van der Waals surface area contributed by atoms with Gasteiger partial charge in [0.15, 0.2) is 0 Å². The fourth-order valence-corrected chi connectivity index (χ4v) is 2.35. The average Bonchev–Trinajstić information content (AvgIpc) is 3.32. The van der Waals surface area contributed by atoms with Crippen LogP contribution in [0, 0.1) is 0 Å². The Kier molecular flexibility index (Phi) is 7.30. The number of rotatable bonds is 2. The molecular weight excluding hydrogens is 329 g/mol. The predicted octanol–water partition coefficient (Wildman–Crippen LogP) is 2.73. The Labute approximate surface area is 148 Å². The van der Waals surface area contributed by atoms with Crippen LogP contribution in [0.5, 0.6) is 0 Å². The molecule has 0 N–H and O–H groups in total. The minimum atomic E-state index is -0.218. The molecule has 1 saturated heterocycles. The van der Waals surface area contributed by atoms with Crippen LogP contribution in [0.2, 0.25) is 0 Å². The summed E-state index contributed by atoms with van der Waals surface area (Å²) >= 11 is 0. The van der Waals surface area contributed by atoms with Gasteiger partial charge < -0.3 is 39.6 Å². The van der Waals surface area contributed by atoms with Gasteiger partial charge in [-0.1, -0.05) is 6.07 Å². The van der Waals surface area contributed by atoms with Crippen molar-refractivity contribution in [3.8, 4) is 0 Å². The average molecular weight is 347 g/mol. The molecule has 0 amide bonds. The Morgan fingerprint density at radius 2 is 1.57 bits per heavy atom. The van der Waals surface area contributed by atoms with E-state index in [-0.39, 0.29) is 30.1 Å². The molecule has 0 atom stereocenters. The van der Waals surface area contributed by atoms with Crippen LogP contribution in [0.4, 0.5) is 0 Å². The van der Waals surface area contributed by atoms with Gasteiger partial charge in [-0.2, -0.15) is 12.1 Å². The first-order valence-corrected chi connectivity index (χ1v) is 7.46. The van der Waals surface area contributed by atoms with E-state index in [0.717, 1.165) is 11.2 Å². The van der Waals surface area contributed by atoms with Crippen LogP contribution < -0.4 is 5.46 Å². The molecule has 5 heteroatoms. The molecule has 1 aliphatic heterocycles. The normalized spacial score (nSPS) is 14.5. The van der Waals surface area contributed by atoms with Crippen LogP contribution >= 0.6 is 0 Å². The van der Waals surface area contributed by atoms with E-state index in [4.69, 9.17) is 9.31 Å². The standard InChI is InChI=1S/C13H13BNO2.C5H5.Fe/c1-2-6-12(5-1)14-16-9-11(10-17-14)13-7-3-4-8-15-13;1-2-4-5-3-1;/h1-8,11H,9-10H2;1-5H;/q-1;-5;. The molecule has 0 spiro atoms. The van der Waals surface area contributed by atoms with E-state index in [9.17, 15) is 0 Å². The fourth-order valence-electron chi connectivity index (χ4n) is 2.35. The van der Waals surface area contributed by atoms with Gasteiger partial charge in [-0.25, -0.2) is 12.1 Å². The molecule has 0 aliphatic carbocycles. The molecule has 3 nitrogen and oxygen atoms in total. The van der Waals surface area contributed by atoms with Crippen LogP contribution in [0.3, 0.4) is 0 Å². The summed E-state index contributed by atoms with van der Waals surface area (Å²) in [6, 6.07) is 23.9. The largest absolute Gasteiger partial charge is 0.748 e. The van der Waals surface area contributed by atoms with Gasteiger partial charge in [-0.3, -0.25) is 4.98 Å². The van der Waals surface area contributed by atoms with E-state index in [1.54, 1.807) is 6.20 Å². The van der Waals surface area contributed by atoms with Crippen molar-refractivity contribution in [2.75, 3.05) is 13.2 Å². The van der Waals surface area contributed by atoms with Crippen LogP contribution in [-0.4, -0.2) is 25.3 Å². The van der Waals surface area contributed by atoms with Gasteiger partial charge in [-0.05, 0) is 12.1 Å². The van der Waals surface area contributed by atoms with Crippen molar-refractivity contribution in [2.45, 2.75) is 5.92 Å². The van der Waals surface area contributed by atoms with Gasteiger partial charge in [0.05, 0.1) is 0 Å². The first-order chi connectivity index (χ1) is 10.9. The molecule has 0 radical (unpaired) electrons. The summed E-state index contributed by atoms with van der Waals surface area (Å²) in [6.07, 6.45) is 1.80. The Balaban J connectivity index is 0.000000276. The summed E-state index contributed by atoms with van der Waals surface area (Å²) in [4.78, 5) is 4.33. The van der Waals surface area contributed by atoms with Crippen LogP contribution in [0.1, 0.15) is 11.6 Å². The van der Waals surface area contributed by atoms with Crippen molar-refractivity contribution in [1.29, 1.82) is 0 Å². The SMILES string of the molecule is [Fe].[cH-]1[cH-][cH-][cH-][cH-]1.c1ccc(C2COB([c-]3cccc3)OC2)nc1. The molecule has 1 aromatic heterocycles. The van der Waals surface area contributed by atoms with E-state index in [1.807, 2.05) is 72.8 Å². The number of pyridine rings is 1. The smallest absolute Gasteiger partial charge is 0.418 e. The van der Waals surface area contributed by atoms with Crippen molar-refractivity contribution in [2.24, 2.45) is 0 Å². The second-order valence-electron chi connectivity index (χ2n) is 5.13. The summed E-state index contributed by atoms with van der Waals surface area (Å²) in [5.41, 5.74) is 2.12. The zero-order valence-electron chi connectivity index (χ0n) is 12.7. The van der Waals surface area contributed by atoms with Crippen LogP contribution in [0.25, 0.3) is 0 Å². The zero-order valence-corrected chi connectivity index (χ0v) is 13.8. The van der Waals surface area contributed by atoms with Gasteiger partial charge in [-0.15, -0.1) is 5.46 Å². The fraction of sp³-hybridized carbons (Fsp3) is 0.167. The molecule has 3 aromatic rings. The maximum Gasteiger partial charge on any atom is 0.418 e. The van der Waals surface area contributed by atoms with Crippen LogP contribution in [0.15, 0.2) is 79.0 Å². The number of hydrogen-bond acceptors (Lipinski definition) is 3. The van der Waals surface area contributed by atoms with Gasteiger partial charge >= 0.3 is 7.12 Å². The molecule has 23 heavy (non-hydrogen) atoms. The van der Waals surface area contributed by atoms with E-state index in [0.29, 0.717) is 13.2 Å². The van der Waals surface area contributed by atoms with E-state index >= 15 is 0 Å². The van der Waals surface area contributed by atoms with E-state index in [1.165, 1.54) is 0 Å². The van der Waals surface area contributed by atoms with Crippen molar-refractivity contribution < 1.29 is 26.4 Å². The van der Waals surface area contributed by atoms with Gasteiger partial charge in [0.25, 0.3) is 0 Å². The quantitative estimate of drug-likeness (QED) is 0.528. The van der Waals surface area contributed by atoms with Crippen molar-refractivity contribution in [1.82, 2.24) is 4.98 Å². The second-order valence-corrected chi connectivity index (χ2v) is 5.13. The number of nitrogens with zero attached hydrogens (tertiary/aromatic N) is 1. The summed E-state index contributed by atoms with van der Waals surface area (Å²) in [5, 5.41) is 0. The number of aromatic nitrogens is 1. The third-order valence-corrected chi connectivity index (χ3v) is 3.52. The first kappa shape index (κ1) is 17.7. The molecule has 1 fully saturated rings.